The number of carboxylic acids is 1. The Kier molecular flexibility index (Phi) is 3.67. The number of benzene rings is 1. The fraction of sp³-hybridized carbons (Fsp3) is 0.286. The Morgan fingerprint density at radius 3 is 2.48 bits per heavy atom. The Hall–Kier alpha value is -2.44. The number of pyridine rings is 1. The molecule has 0 radical (unpaired) electrons. The third kappa shape index (κ3) is 2.24. The Bertz CT molecular complexity index is 797. The molecule has 0 saturated carbocycles. The van der Waals surface area contributed by atoms with E-state index in [1.807, 2.05) is 0 Å². The lowest BCUT2D eigenvalue weighted by atomic mass is 10.1. The van der Waals surface area contributed by atoms with Crippen LogP contribution in [0.1, 0.15) is 17.3 Å². The highest BCUT2D eigenvalue weighted by Crippen LogP contribution is 2.28. The maximum Gasteiger partial charge on any atom is 0.341 e. The van der Waals surface area contributed by atoms with Crippen LogP contribution in [-0.2, 0) is 6.54 Å². The van der Waals surface area contributed by atoms with Crippen LogP contribution in [0.2, 0.25) is 0 Å². The molecule has 0 spiro atoms. The van der Waals surface area contributed by atoms with Crippen molar-refractivity contribution in [2.75, 3.05) is 19.0 Å². The standard InChI is InChI=1S/C14H14F2N2O3/c1-4-18-6-8(14(20)21)13(19)7-5-9(15)12(17(2)3)10(16)11(7)18/h5-6H,4H2,1-3H3,(H,20,21). The fourth-order valence-electron chi connectivity index (χ4n) is 2.29. The first-order valence-corrected chi connectivity index (χ1v) is 6.25. The Labute approximate surface area is 119 Å². The van der Waals surface area contributed by atoms with E-state index in [-0.39, 0.29) is 23.1 Å². The summed E-state index contributed by atoms with van der Waals surface area (Å²) in [5.74, 6) is -3.22. The summed E-state index contributed by atoms with van der Waals surface area (Å²) in [5, 5.41) is 8.74. The number of aromatic nitrogens is 1. The zero-order valence-corrected chi connectivity index (χ0v) is 11.8. The van der Waals surface area contributed by atoms with Crippen molar-refractivity contribution < 1.29 is 18.7 Å². The lowest BCUT2D eigenvalue weighted by Crippen LogP contribution is -2.21. The normalized spacial score (nSPS) is 10.9. The molecule has 0 bridgehead atoms. The Morgan fingerprint density at radius 1 is 1.38 bits per heavy atom. The van der Waals surface area contributed by atoms with E-state index < -0.39 is 28.6 Å². The number of nitrogens with zero attached hydrogens (tertiary/aromatic N) is 2. The molecule has 0 atom stereocenters. The molecule has 0 aliphatic rings. The van der Waals surface area contributed by atoms with Gasteiger partial charge in [0.1, 0.15) is 17.1 Å². The maximum absolute atomic E-state index is 14.6. The van der Waals surface area contributed by atoms with E-state index in [0.717, 1.165) is 12.3 Å². The lowest BCUT2D eigenvalue weighted by molar-refractivity contribution is 0.0695. The number of carboxylic acid groups (broad SMARTS) is 1. The minimum atomic E-state index is -1.43. The fourth-order valence-corrected chi connectivity index (χ4v) is 2.29. The zero-order chi connectivity index (χ0) is 15.9. The van der Waals surface area contributed by atoms with Crippen LogP contribution < -0.4 is 10.3 Å². The van der Waals surface area contributed by atoms with Crippen LogP contribution >= 0.6 is 0 Å². The molecule has 0 fully saturated rings. The molecular formula is C14H14F2N2O3. The van der Waals surface area contributed by atoms with Gasteiger partial charge in [0.05, 0.1) is 10.9 Å². The van der Waals surface area contributed by atoms with Crippen LogP contribution in [0.25, 0.3) is 10.9 Å². The number of halogens is 2. The highest BCUT2D eigenvalue weighted by Gasteiger charge is 2.22. The predicted molar refractivity (Wildman–Crippen MR) is 75.1 cm³/mol. The number of carbonyl (C=O) groups is 1. The molecule has 112 valence electrons. The van der Waals surface area contributed by atoms with Crippen molar-refractivity contribution in [1.29, 1.82) is 0 Å². The molecule has 5 nitrogen and oxygen atoms in total. The molecule has 0 aliphatic carbocycles. The highest BCUT2D eigenvalue weighted by molar-refractivity contribution is 5.93. The Morgan fingerprint density at radius 2 is 2.00 bits per heavy atom. The number of anilines is 1. The summed E-state index contributed by atoms with van der Waals surface area (Å²) in [7, 11) is 2.96. The van der Waals surface area contributed by atoms with E-state index in [4.69, 9.17) is 5.11 Å². The van der Waals surface area contributed by atoms with Crippen molar-refractivity contribution >= 4 is 22.6 Å². The molecule has 0 amide bonds. The van der Waals surface area contributed by atoms with Crippen molar-refractivity contribution in [3.05, 3.63) is 39.7 Å². The summed E-state index contributed by atoms with van der Waals surface area (Å²) < 4.78 is 29.8. The first-order valence-electron chi connectivity index (χ1n) is 6.25. The quantitative estimate of drug-likeness (QED) is 0.941. The predicted octanol–water partition coefficient (Wildman–Crippen LogP) is 2.06. The van der Waals surface area contributed by atoms with Gasteiger partial charge >= 0.3 is 5.97 Å². The molecule has 0 aliphatic heterocycles. The van der Waals surface area contributed by atoms with Crippen LogP contribution in [0.4, 0.5) is 14.5 Å². The summed E-state index contributed by atoms with van der Waals surface area (Å²) in [4.78, 5) is 24.4. The van der Waals surface area contributed by atoms with E-state index in [9.17, 15) is 18.4 Å². The molecule has 1 aromatic carbocycles. The van der Waals surface area contributed by atoms with Gasteiger partial charge in [-0.3, -0.25) is 4.79 Å². The maximum atomic E-state index is 14.6. The van der Waals surface area contributed by atoms with Crippen LogP contribution in [0, 0.1) is 11.6 Å². The van der Waals surface area contributed by atoms with Gasteiger partial charge in [-0.15, -0.1) is 0 Å². The number of aryl methyl sites for hydroxylation is 1. The van der Waals surface area contributed by atoms with Crippen LogP contribution in [0.5, 0.6) is 0 Å². The van der Waals surface area contributed by atoms with Crippen LogP contribution in [0.3, 0.4) is 0 Å². The van der Waals surface area contributed by atoms with Crippen LogP contribution in [0.15, 0.2) is 17.1 Å². The highest BCUT2D eigenvalue weighted by atomic mass is 19.1. The molecule has 1 heterocycles. The van der Waals surface area contributed by atoms with Gasteiger partial charge in [0.2, 0.25) is 5.43 Å². The zero-order valence-electron chi connectivity index (χ0n) is 11.8. The smallest absolute Gasteiger partial charge is 0.341 e. The number of hydrogen-bond donors (Lipinski definition) is 1. The minimum Gasteiger partial charge on any atom is -0.477 e. The molecule has 1 N–H and O–H groups in total. The van der Waals surface area contributed by atoms with Gasteiger partial charge in [-0.05, 0) is 13.0 Å². The summed E-state index contributed by atoms with van der Waals surface area (Å²) in [6.45, 7) is 1.92. The van der Waals surface area contributed by atoms with E-state index >= 15 is 0 Å². The second-order valence-electron chi connectivity index (χ2n) is 4.77. The van der Waals surface area contributed by atoms with E-state index in [0.29, 0.717) is 0 Å². The van der Waals surface area contributed by atoms with Gasteiger partial charge < -0.3 is 14.6 Å². The van der Waals surface area contributed by atoms with E-state index in [1.165, 1.54) is 23.6 Å². The van der Waals surface area contributed by atoms with Gasteiger partial charge in [0, 0.05) is 26.8 Å². The minimum absolute atomic E-state index is 0.0994. The van der Waals surface area contributed by atoms with E-state index in [2.05, 4.69) is 0 Å². The van der Waals surface area contributed by atoms with Gasteiger partial charge in [-0.2, -0.15) is 0 Å². The molecule has 2 rings (SSSR count). The molecular weight excluding hydrogens is 282 g/mol. The molecule has 2 aromatic rings. The molecule has 0 unspecified atom stereocenters. The van der Waals surface area contributed by atoms with Gasteiger partial charge in [0.25, 0.3) is 0 Å². The third-order valence-electron chi connectivity index (χ3n) is 3.25. The lowest BCUT2D eigenvalue weighted by Gasteiger charge is -2.18. The number of fused-ring (bicyclic) bond motifs is 1. The SMILES string of the molecule is CCn1cc(C(=O)O)c(=O)c2cc(F)c(N(C)C)c(F)c21. The first kappa shape index (κ1) is 15.0. The molecule has 1 aromatic heterocycles. The largest absolute Gasteiger partial charge is 0.477 e. The number of hydrogen-bond acceptors (Lipinski definition) is 3. The number of rotatable bonds is 3. The van der Waals surface area contributed by atoms with Gasteiger partial charge in [-0.25, -0.2) is 13.6 Å². The molecule has 7 heteroatoms. The van der Waals surface area contributed by atoms with E-state index in [1.54, 1.807) is 6.92 Å². The van der Waals surface area contributed by atoms with Gasteiger partial charge in [0.15, 0.2) is 5.82 Å². The Balaban J connectivity index is 3.05. The van der Waals surface area contributed by atoms with Crippen molar-refractivity contribution in [1.82, 2.24) is 4.57 Å². The van der Waals surface area contributed by atoms with Gasteiger partial charge in [-0.1, -0.05) is 0 Å². The monoisotopic (exact) mass is 296 g/mol. The number of aromatic carboxylic acids is 1. The van der Waals surface area contributed by atoms with Crippen molar-refractivity contribution in [2.24, 2.45) is 0 Å². The van der Waals surface area contributed by atoms with Crippen LogP contribution in [-0.4, -0.2) is 29.7 Å². The molecule has 21 heavy (non-hydrogen) atoms. The van der Waals surface area contributed by atoms with Crippen molar-refractivity contribution in [2.45, 2.75) is 13.5 Å². The second-order valence-corrected chi connectivity index (χ2v) is 4.77. The average molecular weight is 296 g/mol. The summed E-state index contributed by atoms with van der Waals surface area (Å²) in [6, 6.07) is 0.884. The first-order chi connectivity index (χ1) is 9.79. The summed E-state index contributed by atoms with van der Waals surface area (Å²) in [6.07, 6.45) is 1.08. The third-order valence-corrected chi connectivity index (χ3v) is 3.25. The van der Waals surface area contributed by atoms with Crippen molar-refractivity contribution in [3.8, 4) is 0 Å². The van der Waals surface area contributed by atoms with Crippen molar-refractivity contribution in [3.63, 3.8) is 0 Å². The average Bonchev–Trinajstić information content (AvgIpc) is 2.39. The molecule has 0 saturated heterocycles. The second kappa shape index (κ2) is 5.16. The summed E-state index contributed by atoms with van der Waals surface area (Å²) >= 11 is 0. The topological polar surface area (TPSA) is 62.5 Å². The summed E-state index contributed by atoms with van der Waals surface area (Å²) in [5.41, 5.74) is -1.78.